The molecule has 0 aliphatic carbocycles. The third-order valence-corrected chi connectivity index (χ3v) is 1.87. The predicted molar refractivity (Wildman–Crippen MR) is 47.6 cm³/mol. The molecule has 0 radical (unpaired) electrons. The minimum Gasteiger partial charge on any atom is -0.309 e. The predicted octanol–water partition coefficient (Wildman–Crippen LogP) is 1.55. The van der Waals surface area contributed by atoms with Crippen molar-refractivity contribution in [2.24, 2.45) is 5.41 Å². The average Bonchev–Trinajstić information content (AvgIpc) is 1.84. The number of carbonyl (C=O) groups is 1. The van der Waals surface area contributed by atoms with E-state index in [2.05, 4.69) is 32.8 Å². The van der Waals surface area contributed by atoms with Crippen LogP contribution in [-0.2, 0) is 4.79 Å². The zero-order valence-corrected chi connectivity index (χ0v) is 8.05. The van der Waals surface area contributed by atoms with E-state index < -0.39 is 0 Å². The summed E-state index contributed by atoms with van der Waals surface area (Å²) < 4.78 is 0. The van der Waals surface area contributed by atoms with Gasteiger partial charge >= 0.3 is 0 Å². The van der Waals surface area contributed by atoms with Crippen molar-refractivity contribution in [1.82, 2.24) is 4.90 Å². The summed E-state index contributed by atoms with van der Waals surface area (Å²) in [5.74, 6) is 0. The number of hydrogen-bond acceptors (Lipinski definition) is 2. The first kappa shape index (κ1) is 10.6. The SMILES string of the molecule is CN(C)CCC(C)(C)CC=O. The smallest absolute Gasteiger partial charge is 0.120 e. The Balaban J connectivity index is 3.62. The molecule has 0 bridgehead atoms. The van der Waals surface area contributed by atoms with Gasteiger partial charge in [-0.3, -0.25) is 0 Å². The van der Waals surface area contributed by atoms with E-state index in [1.165, 1.54) is 0 Å². The summed E-state index contributed by atoms with van der Waals surface area (Å²) in [6.07, 6.45) is 2.76. The van der Waals surface area contributed by atoms with Crippen molar-refractivity contribution in [1.29, 1.82) is 0 Å². The summed E-state index contributed by atoms with van der Waals surface area (Å²) in [6.45, 7) is 5.32. The molecule has 0 spiro atoms. The van der Waals surface area contributed by atoms with E-state index in [0.717, 1.165) is 19.3 Å². The average molecular weight is 157 g/mol. The van der Waals surface area contributed by atoms with E-state index in [9.17, 15) is 4.79 Å². The minimum absolute atomic E-state index is 0.173. The third-order valence-electron chi connectivity index (χ3n) is 1.87. The van der Waals surface area contributed by atoms with Gasteiger partial charge in [0.1, 0.15) is 6.29 Å². The van der Waals surface area contributed by atoms with E-state index in [0.29, 0.717) is 6.42 Å². The minimum atomic E-state index is 0.173. The van der Waals surface area contributed by atoms with Crippen LogP contribution in [0.4, 0.5) is 0 Å². The first-order valence-electron chi connectivity index (χ1n) is 4.06. The number of hydrogen-bond donors (Lipinski definition) is 0. The van der Waals surface area contributed by atoms with Crippen LogP contribution < -0.4 is 0 Å². The molecule has 0 saturated carbocycles. The Morgan fingerprint density at radius 2 is 1.91 bits per heavy atom. The van der Waals surface area contributed by atoms with Gasteiger partial charge < -0.3 is 9.69 Å². The molecule has 0 saturated heterocycles. The number of rotatable bonds is 5. The second-order valence-corrected chi connectivity index (χ2v) is 4.09. The summed E-state index contributed by atoms with van der Waals surface area (Å²) >= 11 is 0. The van der Waals surface area contributed by atoms with Crippen molar-refractivity contribution < 1.29 is 4.79 Å². The fourth-order valence-corrected chi connectivity index (χ4v) is 0.854. The highest BCUT2D eigenvalue weighted by atomic mass is 16.1. The van der Waals surface area contributed by atoms with E-state index in [-0.39, 0.29) is 5.41 Å². The standard InChI is InChI=1S/C9H19NO/c1-9(2,6-8-11)5-7-10(3)4/h8H,5-7H2,1-4H3. The first-order valence-corrected chi connectivity index (χ1v) is 4.06. The monoisotopic (exact) mass is 157 g/mol. The van der Waals surface area contributed by atoms with Gasteiger partial charge in [0.25, 0.3) is 0 Å². The Bertz CT molecular complexity index is 119. The van der Waals surface area contributed by atoms with E-state index in [1.54, 1.807) is 0 Å². The topological polar surface area (TPSA) is 20.3 Å². The summed E-state index contributed by atoms with van der Waals surface area (Å²) in [5, 5.41) is 0. The van der Waals surface area contributed by atoms with Crippen LogP contribution >= 0.6 is 0 Å². The summed E-state index contributed by atoms with van der Waals surface area (Å²) in [6, 6.07) is 0. The largest absolute Gasteiger partial charge is 0.309 e. The van der Waals surface area contributed by atoms with Gasteiger partial charge in [-0.25, -0.2) is 0 Å². The molecule has 2 nitrogen and oxygen atoms in total. The number of aldehydes is 1. The molecule has 0 unspecified atom stereocenters. The lowest BCUT2D eigenvalue weighted by atomic mass is 9.86. The zero-order chi connectivity index (χ0) is 8.91. The number of nitrogens with zero attached hydrogens (tertiary/aromatic N) is 1. The lowest BCUT2D eigenvalue weighted by molar-refractivity contribution is -0.109. The maximum atomic E-state index is 10.3. The summed E-state index contributed by atoms with van der Waals surface area (Å²) in [5.41, 5.74) is 0.173. The normalized spacial score (nSPS) is 12.1. The van der Waals surface area contributed by atoms with Gasteiger partial charge in [-0.05, 0) is 32.5 Å². The maximum Gasteiger partial charge on any atom is 0.120 e. The fourth-order valence-electron chi connectivity index (χ4n) is 0.854. The second-order valence-electron chi connectivity index (χ2n) is 4.09. The van der Waals surface area contributed by atoms with Crippen molar-refractivity contribution in [3.05, 3.63) is 0 Å². The van der Waals surface area contributed by atoms with Crippen LogP contribution in [0.15, 0.2) is 0 Å². The Kier molecular flexibility index (Phi) is 4.34. The van der Waals surface area contributed by atoms with E-state index in [1.807, 2.05) is 0 Å². The van der Waals surface area contributed by atoms with E-state index in [4.69, 9.17) is 0 Å². The van der Waals surface area contributed by atoms with Gasteiger partial charge in [-0.2, -0.15) is 0 Å². The molecule has 0 aliphatic rings. The second kappa shape index (κ2) is 4.50. The molecule has 0 aromatic carbocycles. The zero-order valence-electron chi connectivity index (χ0n) is 8.05. The highest BCUT2D eigenvalue weighted by Crippen LogP contribution is 2.23. The van der Waals surface area contributed by atoms with Crippen molar-refractivity contribution in [2.75, 3.05) is 20.6 Å². The molecule has 11 heavy (non-hydrogen) atoms. The lowest BCUT2D eigenvalue weighted by Gasteiger charge is -2.23. The summed E-state index contributed by atoms with van der Waals surface area (Å²) in [7, 11) is 4.11. The maximum absolute atomic E-state index is 10.3. The van der Waals surface area contributed by atoms with Crippen molar-refractivity contribution in [3.8, 4) is 0 Å². The molecular weight excluding hydrogens is 138 g/mol. The lowest BCUT2D eigenvalue weighted by Crippen LogP contribution is -2.21. The Morgan fingerprint density at radius 3 is 2.27 bits per heavy atom. The Hall–Kier alpha value is -0.370. The van der Waals surface area contributed by atoms with Crippen LogP contribution in [0.2, 0.25) is 0 Å². The molecule has 0 atom stereocenters. The summed E-state index contributed by atoms with van der Waals surface area (Å²) in [4.78, 5) is 12.4. The highest BCUT2D eigenvalue weighted by molar-refractivity contribution is 5.50. The van der Waals surface area contributed by atoms with Gasteiger partial charge in [0, 0.05) is 6.42 Å². The molecule has 0 rings (SSSR count). The molecule has 66 valence electrons. The van der Waals surface area contributed by atoms with Crippen LogP contribution in [0.5, 0.6) is 0 Å². The third kappa shape index (κ3) is 6.05. The molecule has 0 aliphatic heterocycles. The Labute approximate surface area is 69.6 Å². The molecule has 0 aromatic heterocycles. The van der Waals surface area contributed by atoms with Gasteiger partial charge in [0.15, 0.2) is 0 Å². The molecular formula is C9H19NO. The van der Waals surface area contributed by atoms with Gasteiger partial charge in [-0.1, -0.05) is 13.8 Å². The van der Waals surface area contributed by atoms with Crippen LogP contribution in [0, 0.1) is 5.41 Å². The molecule has 0 amide bonds. The van der Waals surface area contributed by atoms with Gasteiger partial charge in [-0.15, -0.1) is 0 Å². The van der Waals surface area contributed by atoms with E-state index >= 15 is 0 Å². The number of carbonyl (C=O) groups excluding carboxylic acids is 1. The Morgan fingerprint density at radius 1 is 1.36 bits per heavy atom. The molecule has 2 heteroatoms. The van der Waals surface area contributed by atoms with Crippen LogP contribution in [-0.4, -0.2) is 31.8 Å². The van der Waals surface area contributed by atoms with Crippen molar-refractivity contribution in [2.45, 2.75) is 26.7 Å². The fraction of sp³-hybridized carbons (Fsp3) is 0.889. The van der Waals surface area contributed by atoms with Gasteiger partial charge in [0.2, 0.25) is 0 Å². The van der Waals surface area contributed by atoms with Crippen molar-refractivity contribution >= 4 is 6.29 Å². The first-order chi connectivity index (χ1) is 4.98. The van der Waals surface area contributed by atoms with Gasteiger partial charge in [0.05, 0.1) is 0 Å². The molecule has 0 fully saturated rings. The molecule has 0 N–H and O–H groups in total. The molecule has 0 heterocycles. The molecule has 0 aromatic rings. The quantitative estimate of drug-likeness (QED) is 0.564. The van der Waals surface area contributed by atoms with Crippen LogP contribution in [0.3, 0.4) is 0 Å². The highest BCUT2D eigenvalue weighted by Gasteiger charge is 2.16. The van der Waals surface area contributed by atoms with Crippen LogP contribution in [0.25, 0.3) is 0 Å². The van der Waals surface area contributed by atoms with Crippen molar-refractivity contribution in [3.63, 3.8) is 0 Å². The van der Waals surface area contributed by atoms with Crippen LogP contribution in [0.1, 0.15) is 26.7 Å².